The molecule has 2 heterocycles. The Hall–Kier alpha value is -2.90. The lowest BCUT2D eigenvalue weighted by atomic mass is 9.95. The summed E-state index contributed by atoms with van der Waals surface area (Å²) in [5, 5.41) is 8.86. The average molecular weight is 372 g/mol. The number of fused-ring (bicyclic) bond motifs is 1. The summed E-state index contributed by atoms with van der Waals surface area (Å²) in [5.74, 6) is 0.424. The van der Waals surface area contributed by atoms with Gasteiger partial charge in [-0.15, -0.1) is 0 Å². The first kappa shape index (κ1) is 18.5. The second-order valence-corrected chi connectivity index (χ2v) is 7.59. The molecule has 0 aliphatic carbocycles. The van der Waals surface area contributed by atoms with Gasteiger partial charge in [0.05, 0.1) is 17.2 Å². The Morgan fingerprint density at radius 2 is 1.93 bits per heavy atom. The van der Waals surface area contributed by atoms with Crippen molar-refractivity contribution >= 4 is 12.0 Å². The molecule has 28 heavy (non-hydrogen) atoms. The van der Waals surface area contributed by atoms with Crippen molar-refractivity contribution in [3.8, 4) is 6.07 Å². The van der Waals surface area contributed by atoms with Crippen molar-refractivity contribution in [2.24, 2.45) is 5.92 Å². The SMILES string of the molecule is N#Cc1ccc(/C=C/C2CCN(CCc3ccc4c(c3)COC4=O)CC2)cc1. The van der Waals surface area contributed by atoms with Gasteiger partial charge in [-0.25, -0.2) is 4.79 Å². The van der Waals surface area contributed by atoms with Crippen LogP contribution in [0.1, 0.15) is 45.5 Å². The summed E-state index contributed by atoms with van der Waals surface area (Å²) in [6, 6.07) is 16.0. The topological polar surface area (TPSA) is 53.3 Å². The number of piperidine rings is 1. The summed E-state index contributed by atoms with van der Waals surface area (Å²) in [6.07, 6.45) is 7.86. The maximum atomic E-state index is 11.5. The minimum Gasteiger partial charge on any atom is -0.457 e. The molecule has 2 aromatic carbocycles. The lowest BCUT2D eigenvalue weighted by Gasteiger charge is -2.30. The van der Waals surface area contributed by atoms with Crippen LogP contribution in [0.2, 0.25) is 0 Å². The molecule has 0 aromatic heterocycles. The fraction of sp³-hybridized carbons (Fsp3) is 0.333. The van der Waals surface area contributed by atoms with Gasteiger partial charge in [-0.1, -0.05) is 36.4 Å². The maximum Gasteiger partial charge on any atom is 0.338 e. The first-order chi connectivity index (χ1) is 13.7. The molecule has 0 amide bonds. The van der Waals surface area contributed by atoms with Crippen LogP contribution in [0.15, 0.2) is 48.5 Å². The number of likely N-dealkylation sites (tertiary alicyclic amines) is 1. The molecule has 0 radical (unpaired) electrons. The average Bonchev–Trinajstić information content (AvgIpc) is 3.12. The fourth-order valence-corrected chi connectivity index (χ4v) is 3.91. The maximum absolute atomic E-state index is 11.5. The molecule has 0 saturated carbocycles. The van der Waals surface area contributed by atoms with E-state index in [9.17, 15) is 4.79 Å². The van der Waals surface area contributed by atoms with Crippen molar-refractivity contribution in [1.29, 1.82) is 5.26 Å². The number of nitrogens with zero attached hydrogens (tertiary/aromatic N) is 2. The van der Waals surface area contributed by atoms with Gasteiger partial charge in [0.1, 0.15) is 6.61 Å². The zero-order valence-electron chi connectivity index (χ0n) is 15.9. The van der Waals surface area contributed by atoms with Gasteiger partial charge in [0.25, 0.3) is 0 Å². The molecular formula is C24H24N2O2. The number of hydrogen-bond donors (Lipinski definition) is 0. The molecule has 4 nitrogen and oxygen atoms in total. The largest absolute Gasteiger partial charge is 0.457 e. The van der Waals surface area contributed by atoms with Crippen molar-refractivity contribution < 1.29 is 9.53 Å². The fourth-order valence-electron chi connectivity index (χ4n) is 3.91. The molecule has 4 heteroatoms. The number of ether oxygens (including phenoxy) is 1. The van der Waals surface area contributed by atoms with E-state index in [4.69, 9.17) is 10.00 Å². The van der Waals surface area contributed by atoms with Crippen molar-refractivity contribution in [2.45, 2.75) is 25.9 Å². The van der Waals surface area contributed by atoms with Gasteiger partial charge in [-0.05, 0) is 67.6 Å². The van der Waals surface area contributed by atoms with Crippen LogP contribution in [0.4, 0.5) is 0 Å². The molecule has 2 aromatic rings. The van der Waals surface area contributed by atoms with Crippen LogP contribution in [0.25, 0.3) is 6.08 Å². The van der Waals surface area contributed by atoms with E-state index >= 15 is 0 Å². The number of rotatable bonds is 5. The molecule has 0 atom stereocenters. The van der Waals surface area contributed by atoms with Crippen LogP contribution in [0, 0.1) is 17.2 Å². The van der Waals surface area contributed by atoms with Crippen molar-refractivity contribution in [3.05, 3.63) is 76.4 Å². The Morgan fingerprint density at radius 1 is 1.14 bits per heavy atom. The number of carbonyl (C=O) groups excluding carboxylic acids is 1. The van der Waals surface area contributed by atoms with E-state index in [0.29, 0.717) is 18.1 Å². The van der Waals surface area contributed by atoms with Crippen LogP contribution in [0.3, 0.4) is 0 Å². The van der Waals surface area contributed by atoms with Gasteiger partial charge < -0.3 is 9.64 Å². The molecular weight excluding hydrogens is 348 g/mol. The standard InChI is InChI=1S/C24H24N2O2/c25-16-21-5-3-18(4-6-21)1-2-19-9-12-26(13-10-19)14-11-20-7-8-23-22(15-20)17-28-24(23)27/h1-8,15,19H,9-14,17H2/b2-1+. The second kappa shape index (κ2) is 8.41. The van der Waals surface area contributed by atoms with Crippen molar-refractivity contribution in [2.75, 3.05) is 19.6 Å². The van der Waals surface area contributed by atoms with E-state index in [1.807, 2.05) is 30.3 Å². The zero-order chi connectivity index (χ0) is 19.3. The van der Waals surface area contributed by atoms with E-state index in [1.54, 1.807) is 0 Å². The predicted molar refractivity (Wildman–Crippen MR) is 109 cm³/mol. The highest BCUT2D eigenvalue weighted by Crippen LogP contribution is 2.23. The number of nitriles is 1. The summed E-state index contributed by atoms with van der Waals surface area (Å²) in [5.41, 5.74) is 4.88. The van der Waals surface area contributed by atoms with E-state index in [-0.39, 0.29) is 5.97 Å². The van der Waals surface area contributed by atoms with Crippen molar-refractivity contribution in [3.63, 3.8) is 0 Å². The molecule has 142 valence electrons. The Bertz CT molecular complexity index is 917. The van der Waals surface area contributed by atoms with Crippen LogP contribution in [-0.2, 0) is 17.8 Å². The third kappa shape index (κ3) is 4.32. The van der Waals surface area contributed by atoms with Crippen LogP contribution >= 0.6 is 0 Å². The third-order valence-electron chi connectivity index (χ3n) is 5.70. The van der Waals surface area contributed by atoms with E-state index in [1.165, 1.54) is 18.4 Å². The highest BCUT2D eigenvalue weighted by atomic mass is 16.5. The molecule has 0 unspecified atom stereocenters. The quantitative estimate of drug-likeness (QED) is 0.738. The molecule has 1 saturated heterocycles. The first-order valence-corrected chi connectivity index (χ1v) is 9.91. The molecule has 2 aliphatic heterocycles. The van der Waals surface area contributed by atoms with Gasteiger partial charge in [0.2, 0.25) is 0 Å². The van der Waals surface area contributed by atoms with E-state index in [2.05, 4.69) is 35.3 Å². The minimum absolute atomic E-state index is 0.197. The van der Waals surface area contributed by atoms with Crippen LogP contribution < -0.4 is 0 Å². The molecule has 0 bridgehead atoms. The molecule has 2 aliphatic rings. The van der Waals surface area contributed by atoms with Gasteiger partial charge in [-0.3, -0.25) is 0 Å². The Labute approximate surface area is 166 Å². The van der Waals surface area contributed by atoms with E-state index < -0.39 is 0 Å². The Kier molecular flexibility index (Phi) is 5.55. The number of benzene rings is 2. The third-order valence-corrected chi connectivity index (χ3v) is 5.70. The lowest BCUT2D eigenvalue weighted by molar-refractivity contribution is 0.0535. The molecule has 1 fully saturated rings. The summed E-state index contributed by atoms with van der Waals surface area (Å²) < 4.78 is 5.08. The highest BCUT2D eigenvalue weighted by molar-refractivity contribution is 5.93. The summed E-state index contributed by atoms with van der Waals surface area (Å²) in [7, 11) is 0. The minimum atomic E-state index is -0.197. The monoisotopic (exact) mass is 372 g/mol. The number of esters is 1. The Morgan fingerprint density at radius 3 is 2.68 bits per heavy atom. The Balaban J connectivity index is 1.24. The van der Waals surface area contributed by atoms with Crippen LogP contribution in [-0.4, -0.2) is 30.5 Å². The smallest absolute Gasteiger partial charge is 0.338 e. The van der Waals surface area contributed by atoms with Crippen LogP contribution in [0.5, 0.6) is 0 Å². The second-order valence-electron chi connectivity index (χ2n) is 7.59. The number of carbonyl (C=O) groups is 1. The van der Waals surface area contributed by atoms with Gasteiger partial charge >= 0.3 is 5.97 Å². The lowest BCUT2D eigenvalue weighted by Crippen LogP contribution is -2.34. The van der Waals surface area contributed by atoms with Gasteiger partial charge in [-0.2, -0.15) is 5.26 Å². The predicted octanol–water partition coefficient (Wildman–Crippen LogP) is 4.20. The van der Waals surface area contributed by atoms with E-state index in [0.717, 1.165) is 42.7 Å². The zero-order valence-corrected chi connectivity index (χ0v) is 15.9. The van der Waals surface area contributed by atoms with Gasteiger partial charge in [0.15, 0.2) is 0 Å². The first-order valence-electron chi connectivity index (χ1n) is 9.91. The number of allylic oxidation sites excluding steroid dienone is 1. The summed E-state index contributed by atoms with van der Waals surface area (Å²) >= 11 is 0. The number of hydrogen-bond acceptors (Lipinski definition) is 4. The normalized spacial score (nSPS) is 17.5. The summed E-state index contributed by atoms with van der Waals surface area (Å²) in [6.45, 7) is 3.71. The number of cyclic esters (lactones) is 1. The highest BCUT2D eigenvalue weighted by Gasteiger charge is 2.21. The molecule has 4 rings (SSSR count). The van der Waals surface area contributed by atoms with Crippen molar-refractivity contribution in [1.82, 2.24) is 4.90 Å². The molecule has 0 N–H and O–H groups in total. The summed E-state index contributed by atoms with van der Waals surface area (Å²) in [4.78, 5) is 14.1. The molecule has 0 spiro atoms. The van der Waals surface area contributed by atoms with Gasteiger partial charge in [0, 0.05) is 12.1 Å².